The molecule has 0 fully saturated rings. The van der Waals surface area contributed by atoms with Crippen molar-refractivity contribution >= 4 is 27.7 Å². The molecule has 0 aliphatic heterocycles. The molecule has 2 nitrogen and oxygen atoms in total. The summed E-state index contributed by atoms with van der Waals surface area (Å²) in [7, 11) is 0. The molecule has 1 atom stereocenters. The van der Waals surface area contributed by atoms with Gasteiger partial charge in [0.05, 0.1) is 0 Å². The third-order valence-corrected chi connectivity index (χ3v) is 5.01. The van der Waals surface area contributed by atoms with Crippen molar-refractivity contribution in [1.82, 2.24) is 4.90 Å². The second-order valence-electron chi connectivity index (χ2n) is 4.35. The lowest BCUT2D eigenvalue weighted by molar-refractivity contribution is 0.324. The van der Waals surface area contributed by atoms with E-state index in [0.717, 1.165) is 29.9 Å². The molecule has 1 rings (SSSR count). The molecule has 0 bridgehead atoms. The van der Waals surface area contributed by atoms with E-state index in [1.807, 2.05) is 18.7 Å². The van der Waals surface area contributed by atoms with Crippen molar-refractivity contribution in [1.29, 1.82) is 0 Å². The van der Waals surface area contributed by atoms with Gasteiger partial charge in [0.25, 0.3) is 0 Å². The number of halogens is 1. The van der Waals surface area contributed by atoms with Crippen LogP contribution in [-0.2, 0) is 0 Å². The van der Waals surface area contributed by atoms with E-state index in [1.54, 1.807) is 0 Å². The van der Waals surface area contributed by atoms with Crippen LogP contribution in [0.15, 0.2) is 27.6 Å². The molecule has 0 saturated carbocycles. The number of benzene rings is 1. The Morgan fingerprint density at radius 2 is 2.00 bits per heavy atom. The van der Waals surface area contributed by atoms with Gasteiger partial charge in [0.1, 0.15) is 0 Å². The first-order valence-electron chi connectivity index (χ1n) is 6.48. The number of nitrogens with zero attached hydrogens (tertiary/aromatic N) is 1. The fraction of sp³-hybridized carbons (Fsp3) is 0.571. The number of hydrogen-bond donors (Lipinski definition) is 1. The van der Waals surface area contributed by atoms with Crippen molar-refractivity contribution in [3.05, 3.63) is 28.2 Å². The molecule has 0 amide bonds. The first-order chi connectivity index (χ1) is 8.58. The minimum Gasteiger partial charge on any atom is -0.324 e. The first kappa shape index (κ1) is 16.0. The first-order valence-corrected chi connectivity index (χ1v) is 8.26. The van der Waals surface area contributed by atoms with E-state index in [1.165, 1.54) is 10.5 Å². The van der Waals surface area contributed by atoms with E-state index in [2.05, 4.69) is 52.9 Å². The molecule has 18 heavy (non-hydrogen) atoms. The van der Waals surface area contributed by atoms with Gasteiger partial charge < -0.3 is 10.6 Å². The lowest BCUT2D eigenvalue weighted by Crippen LogP contribution is -2.25. The molecule has 102 valence electrons. The van der Waals surface area contributed by atoms with Crippen LogP contribution in [0.4, 0.5) is 0 Å². The topological polar surface area (TPSA) is 29.3 Å². The van der Waals surface area contributed by atoms with Crippen molar-refractivity contribution in [2.45, 2.75) is 31.7 Å². The van der Waals surface area contributed by atoms with Crippen LogP contribution in [0.3, 0.4) is 0 Å². The van der Waals surface area contributed by atoms with Gasteiger partial charge in [-0.05, 0) is 53.6 Å². The van der Waals surface area contributed by atoms with E-state index in [4.69, 9.17) is 5.73 Å². The molecule has 0 radical (unpaired) electrons. The summed E-state index contributed by atoms with van der Waals surface area (Å²) in [6.45, 7) is 9.82. The van der Waals surface area contributed by atoms with E-state index >= 15 is 0 Å². The average molecular weight is 331 g/mol. The summed E-state index contributed by atoms with van der Waals surface area (Å²) in [5.74, 6) is 1.12. The largest absolute Gasteiger partial charge is 0.324 e. The molecule has 1 aromatic carbocycles. The van der Waals surface area contributed by atoms with Gasteiger partial charge in [0, 0.05) is 27.7 Å². The number of nitrogens with two attached hydrogens (primary N) is 1. The molecule has 0 aliphatic carbocycles. The van der Waals surface area contributed by atoms with Crippen LogP contribution in [0, 0.1) is 0 Å². The molecule has 4 heteroatoms. The number of hydrogen-bond acceptors (Lipinski definition) is 3. The highest BCUT2D eigenvalue weighted by Gasteiger charge is 2.06. The van der Waals surface area contributed by atoms with Gasteiger partial charge in [-0.25, -0.2) is 0 Å². The second kappa shape index (κ2) is 8.20. The zero-order chi connectivity index (χ0) is 13.5. The van der Waals surface area contributed by atoms with Gasteiger partial charge in [-0.15, -0.1) is 11.8 Å². The number of rotatable bonds is 7. The van der Waals surface area contributed by atoms with E-state index in [9.17, 15) is 0 Å². The van der Waals surface area contributed by atoms with Crippen LogP contribution in [0.2, 0.25) is 0 Å². The molecule has 0 aliphatic rings. The quantitative estimate of drug-likeness (QED) is 0.768. The SMILES string of the molecule is CCN(CC)CCSc1ccc(C(C)N)cc1Br. The van der Waals surface area contributed by atoms with Crippen molar-refractivity contribution in [3.8, 4) is 0 Å². The molecule has 0 saturated heterocycles. The van der Waals surface area contributed by atoms with Crippen LogP contribution in [0.1, 0.15) is 32.4 Å². The normalized spacial score (nSPS) is 13.0. The monoisotopic (exact) mass is 330 g/mol. The van der Waals surface area contributed by atoms with Crippen molar-refractivity contribution in [3.63, 3.8) is 0 Å². The Labute approximate surface area is 123 Å². The second-order valence-corrected chi connectivity index (χ2v) is 6.34. The molecule has 0 aromatic heterocycles. The minimum atomic E-state index is 0.0935. The molecular weight excluding hydrogens is 308 g/mol. The van der Waals surface area contributed by atoms with Gasteiger partial charge in [-0.2, -0.15) is 0 Å². The molecular formula is C14H23BrN2S. The summed E-state index contributed by atoms with van der Waals surface area (Å²) < 4.78 is 1.15. The molecule has 2 N–H and O–H groups in total. The van der Waals surface area contributed by atoms with Crippen LogP contribution in [-0.4, -0.2) is 30.3 Å². The fourth-order valence-corrected chi connectivity index (χ4v) is 3.41. The van der Waals surface area contributed by atoms with Gasteiger partial charge in [-0.1, -0.05) is 19.9 Å². The highest BCUT2D eigenvalue weighted by molar-refractivity contribution is 9.10. The Bertz CT molecular complexity index is 365. The summed E-state index contributed by atoms with van der Waals surface area (Å²) in [5.41, 5.74) is 7.05. The molecule has 1 aromatic rings. The summed E-state index contributed by atoms with van der Waals surface area (Å²) in [6.07, 6.45) is 0. The summed E-state index contributed by atoms with van der Waals surface area (Å²) >= 11 is 5.52. The Balaban J connectivity index is 2.53. The summed E-state index contributed by atoms with van der Waals surface area (Å²) in [6, 6.07) is 6.51. The van der Waals surface area contributed by atoms with E-state index in [-0.39, 0.29) is 6.04 Å². The molecule has 0 heterocycles. The Morgan fingerprint density at radius 1 is 1.33 bits per heavy atom. The smallest absolute Gasteiger partial charge is 0.0314 e. The zero-order valence-electron chi connectivity index (χ0n) is 11.4. The fourth-order valence-electron chi connectivity index (χ4n) is 1.74. The Hall–Kier alpha value is -0.0300. The van der Waals surface area contributed by atoms with Crippen molar-refractivity contribution in [2.75, 3.05) is 25.4 Å². The van der Waals surface area contributed by atoms with Crippen LogP contribution in [0.5, 0.6) is 0 Å². The lowest BCUT2D eigenvalue weighted by atomic mass is 10.1. The zero-order valence-corrected chi connectivity index (χ0v) is 13.9. The van der Waals surface area contributed by atoms with Gasteiger partial charge >= 0.3 is 0 Å². The predicted octanol–water partition coefficient (Wildman–Crippen LogP) is 3.90. The van der Waals surface area contributed by atoms with Gasteiger partial charge in [0.15, 0.2) is 0 Å². The third kappa shape index (κ3) is 4.92. The van der Waals surface area contributed by atoms with E-state index in [0.29, 0.717) is 0 Å². The van der Waals surface area contributed by atoms with Crippen molar-refractivity contribution in [2.24, 2.45) is 5.73 Å². The van der Waals surface area contributed by atoms with E-state index < -0.39 is 0 Å². The highest BCUT2D eigenvalue weighted by Crippen LogP contribution is 2.29. The maximum absolute atomic E-state index is 5.87. The van der Waals surface area contributed by atoms with Gasteiger partial charge in [-0.3, -0.25) is 0 Å². The minimum absolute atomic E-state index is 0.0935. The maximum Gasteiger partial charge on any atom is 0.0314 e. The van der Waals surface area contributed by atoms with Crippen LogP contribution >= 0.6 is 27.7 Å². The van der Waals surface area contributed by atoms with Gasteiger partial charge in [0.2, 0.25) is 0 Å². The molecule has 1 unspecified atom stereocenters. The average Bonchev–Trinajstić information content (AvgIpc) is 2.36. The number of thioether (sulfide) groups is 1. The van der Waals surface area contributed by atoms with Crippen LogP contribution < -0.4 is 5.73 Å². The Morgan fingerprint density at radius 3 is 2.50 bits per heavy atom. The van der Waals surface area contributed by atoms with Crippen LogP contribution in [0.25, 0.3) is 0 Å². The molecule has 0 spiro atoms. The summed E-state index contributed by atoms with van der Waals surface area (Å²) in [4.78, 5) is 3.74. The van der Waals surface area contributed by atoms with Crippen molar-refractivity contribution < 1.29 is 0 Å². The Kier molecular flexibility index (Phi) is 7.30. The maximum atomic E-state index is 5.87. The lowest BCUT2D eigenvalue weighted by Gasteiger charge is -2.17. The standard InChI is InChI=1S/C14H23BrN2S/c1-4-17(5-2)8-9-18-14-7-6-12(11(3)16)10-13(14)15/h6-7,10-11H,4-5,8-9,16H2,1-3H3. The highest BCUT2D eigenvalue weighted by atomic mass is 79.9. The predicted molar refractivity (Wildman–Crippen MR) is 85.3 cm³/mol. The third-order valence-electron chi connectivity index (χ3n) is 3.04. The summed E-state index contributed by atoms with van der Waals surface area (Å²) in [5, 5.41) is 0.